The summed E-state index contributed by atoms with van der Waals surface area (Å²) in [6.45, 7) is 1.92. The second kappa shape index (κ2) is 9.25. The van der Waals surface area contributed by atoms with Crippen LogP contribution in [0.5, 0.6) is 0 Å². The minimum atomic E-state index is -0.585. The average Bonchev–Trinajstić information content (AvgIpc) is 3.30. The zero-order chi connectivity index (χ0) is 25.5. The number of carbonyl (C=O) groups is 3. The highest BCUT2D eigenvalue weighted by molar-refractivity contribution is 6.52. The number of amidine groups is 1. The fourth-order valence-corrected chi connectivity index (χ4v) is 4.93. The third-order valence-corrected chi connectivity index (χ3v) is 6.88. The van der Waals surface area contributed by atoms with Crippen molar-refractivity contribution in [3.05, 3.63) is 82.9 Å². The number of hydrogen-bond donors (Lipinski definition) is 1. The Kier molecular flexibility index (Phi) is 5.76. The molecule has 2 atom stereocenters. The van der Waals surface area contributed by atoms with Crippen LogP contribution < -0.4 is 5.32 Å². The van der Waals surface area contributed by atoms with E-state index in [1.807, 2.05) is 18.2 Å². The van der Waals surface area contributed by atoms with Crippen LogP contribution in [0, 0.1) is 11.7 Å². The second-order valence-corrected chi connectivity index (χ2v) is 9.16. The summed E-state index contributed by atoms with van der Waals surface area (Å²) in [5.74, 6) is -1.27. The summed E-state index contributed by atoms with van der Waals surface area (Å²) in [7, 11) is 0. The molecular weight excluding hydrogens is 477 g/mol. The van der Waals surface area contributed by atoms with Gasteiger partial charge in [0.1, 0.15) is 17.7 Å². The molecule has 4 amide bonds. The molecule has 0 aromatic heterocycles. The molecule has 0 spiro atoms. The van der Waals surface area contributed by atoms with Gasteiger partial charge < -0.3 is 4.90 Å². The summed E-state index contributed by atoms with van der Waals surface area (Å²) < 4.78 is 14.7. The van der Waals surface area contributed by atoms with E-state index in [0.717, 1.165) is 5.57 Å². The molecule has 5 aliphatic rings. The number of nitrogens with zero attached hydrogens (tertiary/aromatic N) is 6. The topological polar surface area (TPSA) is 119 Å². The molecule has 1 aliphatic carbocycles. The highest BCUT2D eigenvalue weighted by Gasteiger charge is 2.31. The molecule has 37 heavy (non-hydrogen) atoms. The predicted octanol–water partition coefficient (Wildman–Crippen LogP) is 2.57. The summed E-state index contributed by atoms with van der Waals surface area (Å²) >= 11 is 0. The van der Waals surface area contributed by atoms with Crippen molar-refractivity contribution in [1.29, 1.82) is 0 Å². The number of piperazine rings is 1. The van der Waals surface area contributed by atoms with Crippen molar-refractivity contribution >= 4 is 29.4 Å². The number of fused-ring (bicyclic) bond motifs is 2. The lowest BCUT2D eigenvalue weighted by Crippen LogP contribution is -2.52. The van der Waals surface area contributed by atoms with Crippen LogP contribution in [0.1, 0.15) is 15.9 Å². The Labute approximate surface area is 211 Å². The number of dihydropyridines is 1. The molecule has 0 radical (unpaired) electrons. The van der Waals surface area contributed by atoms with Crippen LogP contribution in [-0.4, -0.2) is 71.5 Å². The quantitative estimate of drug-likeness (QED) is 0.685. The largest absolute Gasteiger partial charge is 0.347 e. The smallest absolute Gasteiger partial charge is 0.336 e. The first-order valence-corrected chi connectivity index (χ1v) is 12.0. The zero-order valence-corrected chi connectivity index (χ0v) is 19.7. The molecule has 6 rings (SSSR count). The molecule has 1 fully saturated rings. The van der Waals surface area contributed by atoms with Gasteiger partial charge in [0.05, 0.1) is 17.2 Å². The normalized spacial score (nSPS) is 24.6. The van der Waals surface area contributed by atoms with Gasteiger partial charge in [-0.3, -0.25) is 19.8 Å². The van der Waals surface area contributed by atoms with Gasteiger partial charge >= 0.3 is 6.03 Å². The van der Waals surface area contributed by atoms with E-state index in [1.54, 1.807) is 35.3 Å². The van der Waals surface area contributed by atoms with Gasteiger partial charge in [-0.15, -0.1) is 5.11 Å². The van der Waals surface area contributed by atoms with Crippen molar-refractivity contribution in [3.63, 3.8) is 0 Å². The summed E-state index contributed by atoms with van der Waals surface area (Å²) in [5.41, 5.74) is 2.63. The third-order valence-electron chi connectivity index (χ3n) is 6.88. The lowest BCUT2D eigenvalue weighted by Gasteiger charge is -2.37. The fraction of sp³-hybridized carbons (Fsp3) is 0.269. The first kappa shape index (κ1) is 23.0. The van der Waals surface area contributed by atoms with Crippen LogP contribution in [0.25, 0.3) is 0 Å². The minimum Gasteiger partial charge on any atom is -0.336 e. The lowest BCUT2D eigenvalue weighted by molar-refractivity contribution is -0.120. The molecule has 1 saturated heterocycles. The minimum absolute atomic E-state index is 0.00309. The predicted molar refractivity (Wildman–Crippen MR) is 133 cm³/mol. The number of carbonyl (C=O) groups excluding carboxylic acids is 3. The van der Waals surface area contributed by atoms with Gasteiger partial charge in [-0.05, 0) is 35.4 Å². The van der Waals surface area contributed by atoms with Crippen molar-refractivity contribution in [3.8, 4) is 0 Å². The Bertz CT molecular complexity index is 1430. The Morgan fingerprint density at radius 1 is 1.05 bits per heavy atom. The van der Waals surface area contributed by atoms with E-state index in [1.165, 1.54) is 6.07 Å². The number of urea groups is 1. The Morgan fingerprint density at radius 2 is 1.89 bits per heavy atom. The summed E-state index contributed by atoms with van der Waals surface area (Å²) in [4.78, 5) is 48.9. The maximum Gasteiger partial charge on any atom is 0.347 e. The first-order chi connectivity index (χ1) is 18.0. The molecular formula is C26H22FN7O3. The molecule has 11 heteroatoms. The highest BCUT2D eigenvalue weighted by Crippen LogP contribution is 2.30. The van der Waals surface area contributed by atoms with Crippen LogP contribution in [0.2, 0.25) is 0 Å². The molecule has 1 aromatic carbocycles. The summed E-state index contributed by atoms with van der Waals surface area (Å²) in [5, 5.41) is 10.5. The number of halogens is 1. The van der Waals surface area contributed by atoms with Crippen molar-refractivity contribution in [2.24, 2.45) is 26.1 Å². The van der Waals surface area contributed by atoms with Gasteiger partial charge in [0.15, 0.2) is 5.84 Å². The van der Waals surface area contributed by atoms with E-state index in [0.29, 0.717) is 55.4 Å². The van der Waals surface area contributed by atoms with Gasteiger partial charge in [-0.1, -0.05) is 30.4 Å². The first-order valence-electron chi connectivity index (χ1n) is 12.0. The maximum atomic E-state index is 14.7. The molecule has 1 aromatic rings. The highest BCUT2D eigenvalue weighted by atomic mass is 19.1. The van der Waals surface area contributed by atoms with Crippen molar-refractivity contribution in [2.75, 3.05) is 26.2 Å². The van der Waals surface area contributed by atoms with E-state index in [-0.39, 0.29) is 23.5 Å². The lowest BCUT2D eigenvalue weighted by atomic mass is 9.89. The number of aliphatic imine (C=N–C) groups is 2. The standard InChI is InChI=1S/C26H22FN7O3/c27-19-6-5-15(14-21-16-3-1-2-4-17(16)24(35)32-31-21)13-18(19)25(36)34-11-9-33(10-12-34)22-8-7-20-23(29-22)30-26(37)28-20/h1-8,13,17,22H,9-12,14H2,(H,29,30,37). The maximum absolute atomic E-state index is 14.7. The van der Waals surface area contributed by atoms with E-state index in [4.69, 9.17) is 0 Å². The molecule has 10 nitrogen and oxygen atoms in total. The van der Waals surface area contributed by atoms with Crippen molar-refractivity contribution in [1.82, 2.24) is 15.1 Å². The number of nitrogens with one attached hydrogen (secondary N) is 1. The van der Waals surface area contributed by atoms with E-state index < -0.39 is 17.8 Å². The Hall–Kier alpha value is -4.38. The molecule has 186 valence electrons. The third kappa shape index (κ3) is 4.38. The molecule has 2 unspecified atom stereocenters. The molecule has 0 bridgehead atoms. The zero-order valence-electron chi connectivity index (χ0n) is 19.7. The fourth-order valence-electron chi connectivity index (χ4n) is 4.93. The average molecular weight is 500 g/mol. The Morgan fingerprint density at radius 3 is 2.73 bits per heavy atom. The van der Waals surface area contributed by atoms with E-state index in [2.05, 4.69) is 30.4 Å². The number of hydrogen-bond acceptors (Lipinski definition) is 6. The number of benzene rings is 1. The second-order valence-electron chi connectivity index (χ2n) is 9.16. The van der Waals surface area contributed by atoms with Gasteiger partial charge in [-0.2, -0.15) is 10.1 Å². The molecule has 0 saturated carbocycles. The number of rotatable bonds is 4. The van der Waals surface area contributed by atoms with Gasteiger partial charge in [0.25, 0.3) is 11.8 Å². The van der Waals surface area contributed by atoms with Crippen LogP contribution in [-0.2, 0) is 11.2 Å². The number of azo groups is 1. The van der Waals surface area contributed by atoms with Crippen LogP contribution in [0.4, 0.5) is 9.18 Å². The monoisotopic (exact) mass is 499 g/mol. The SMILES string of the molecule is O=C1N=C2C=CC(N3CCN(C(=O)c4cc(CC5=C6C=CC=CC6C(=O)N=N5)ccc4F)CC3)N=C2N1. The number of amides is 4. The van der Waals surface area contributed by atoms with E-state index in [9.17, 15) is 18.8 Å². The van der Waals surface area contributed by atoms with E-state index >= 15 is 0 Å². The molecule has 4 aliphatic heterocycles. The Balaban J connectivity index is 1.14. The molecule has 1 N–H and O–H groups in total. The number of allylic oxidation sites excluding steroid dienone is 4. The van der Waals surface area contributed by atoms with Crippen molar-refractivity contribution < 1.29 is 18.8 Å². The van der Waals surface area contributed by atoms with Crippen molar-refractivity contribution in [2.45, 2.75) is 12.6 Å². The summed E-state index contributed by atoms with van der Waals surface area (Å²) in [6.07, 6.45) is 11.0. The van der Waals surface area contributed by atoms with Gasteiger partial charge in [0.2, 0.25) is 0 Å². The van der Waals surface area contributed by atoms with Crippen LogP contribution >= 0.6 is 0 Å². The van der Waals surface area contributed by atoms with Crippen LogP contribution in [0.15, 0.2) is 86.1 Å². The molecule has 4 heterocycles. The summed E-state index contributed by atoms with van der Waals surface area (Å²) in [6, 6.07) is 4.04. The van der Waals surface area contributed by atoms with Crippen LogP contribution in [0.3, 0.4) is 0 Å². The van der Waals surface area contributed by atoms with Gasteiger partial charge in [-0.25, -0.2) is 14.2 Å². The van der Waals surface area contributed by atoms with Gasteiger partial charge in [0, 0.05) is 32.6 Å².